The zero-order valence-corrected chi connectivity index (χ0v) is 10.1. The van der Waals surface area contributed by atoms with Gasteiger partial charge in [0, 0.05) is 16.5 Å². The van der Waals surface area contributed by atoms with Crippen LogP contribution in [0.15, 0.2) is 46.7 Å². The summed E-state index contributed by atoms with van der Waals surface area (Å²) in [6.45, 7) is 0. The molecule has 0 spiro atoms. The second-order valence-electron chi connectivity index (χ2n) is 3.75. The molecule has 0 unspecified atom stereocenters. The predicted octanol–water partition coefficient (Wildman–Crippen LogP) is 2.40. The summed E-state index contributed by atoms with van der Waals surface area (Å²) in [6.07, 6.45) is 1.42. The number of rotatable bonds is 2. The van der Waals surface area contributed by atoms with Gasteiger partial charge in [0.05, 0.1) is 4.90 Å². The van der Waals surface area contributed by atoms with Crippen molar-refractivity contribution in [2.75, 3.05) is 5.73 Å². The molecule has 0 saturated carbocycles. The summed E-state index contributed by atoms with van der Waals surface area (Å²) >= 11 is 1.29. The van der Waals surface area contributed by atoms with Gasteiger partial charge in [-0.05, 0) is 17.8 Å². The van der Waals surface area contributed by atoms with Gasteiger partial charge in [-0.2, -0.15) is 5.10 Å². The molecular weight excluding hydrogens is 248 g/mol. The standard InChI is InChI=1S/C12H10N4OS/c13-9-5-10(18-12-14-6-15-16-12)11(17)8-4-2-1-3-7(8)9/h1-6,17H,13H2,(H,14,15,16). The lowest BCUT2D eigenvalue weighted by Crippen LogP contribution is -1.89. The minimum atomic E-state index is 0.209. The first-order valence-electron chi connectivity index (χ1n) is 5.29. The number of nitrogens with one attached hydrogen (secondary N) is 1. The smallest absolute Gasteiger partial charge is 0.188 e. The number of anilines is 1. The van der Waals surface area contributed by atoms with E-state index in [1.54, 1.807) is 6.07 Å². The number of aromatic amines is 1. The van der Waals surface area contributed by atoms with Gasteiger partial charge >= 0.3 is 0 Å². The summed E-state index contributed by atoms with van der Waals surface area (Å²) in [7, 11) is 0. The fraction of sp³-hybridized carbons (Fsp3) is 0. The SMILES string of the molecule is Nc1cc(Sc2ncn[nH]2)c(O)c2ccccc12. The van der Waals surface area contributed by atoms with Gasteiger partial charge in [-0.3, -0.25) is 5.10 Å². The summed E-state index contributed by atoms with van der Waals surface area (Å²) in [5, 5.41) is 18.9. The first kappa shape index (κ1) is 10.9. The molecule has 0 atom stereocenters. The predicted molar refractivity (Wildman–Crippen MR) is 70.5 cm³/mol. The van der Waals surface area contributed by atoms with Crippen LogP contribution in [-0.2, 0) is 0 Å². The van der Waals surface area contributed by atoms with Crippen LogP contribution in [0, 0.1) is 0 Å². The first-order valence-corrected chi connectivity index (χ1v) is 6.11. The Kier molecular flexibility index (Phi) is 2.56. The van der Waals surface area contributed by atoms with Gasteiger partial charge in [-0.1, -0.05) is 24.3 Å². The quantitative estimate of drug-likeness (QED) is 0.485. The van der Waals surface area contributed by atoms with E-state index in [0.29, 0.717) is 15.7 Å². The maximum atomic E-state index is 10.2. The van der Waals surface area contributed by atoms with Crippen LogP contribution in [0.4, 0.5) is 5.69 Å². The highest BCUT2D eigenvalue weighted by Crippen LogP contribution is 2.40. The number of phenols is 1. The first-order chi connectivity index (χ1) is 8.75. The fourth-order valence-corrected chi connectivity index (χ4v) is 2.59. The number of phenolic OH excluding ortho intramolecular Hbond substituents is 1. The Balaban J connectivity index is 2.16. The van der Waals surface area contributed by atoms with Crippen molar-refractivity contribution in [2.45, 2.75) is 10.1 Å². The lowest BCUT2D eigenvalue weighted by molar-refractivity contribution is 0.469. The molecule has 5 nitrogen and oxygen atoms in total. The van der Waals surface area contributed by atoms with E-state index in [1.807, 2.05) is 24.3 Å². The van der Waals surface area contributed by atoms with Crippen molar-refractivity contribution in [3.63, 3.8) is 0 Å². The molecule has 0 aliphatic heterocycles. The van der Waals surface area contributed by atoms with Gasteiger partial charge in [0.1, 0.15) is 12.1 Å². The third kappa shape index (κ3) is 1.76. The molecule has 0 saturated heterocycles. The van der Waals surface area contributed by atoms with Crippen LogP contribution in [0.5, 0.6) is 5.75 Å². The van der Waals surface area contributed by atoms with Gasteiger partial charge in [-0.25, -0.2) is 4.98 Å². The highest BCUT2D eigenvalue weighted by molar-refractivity contribution is 7.99. The van der Waals surface area contributed by atoms with Gasteiger partial charge in [0.25, 0.3) is 0 Å². The van der Waals surface area contributed by atoms with Crippen LogP contribution in [0.25, 0.3) is 10.8 Å². The molecule has 0 aliphatic rings. The van der Waals surface area contributed by atoms with Crippen molar-refractivity contribution >= 4 is 28.2 Å². The Morgan fingerprint density at radius 2 is 2.00 bits per heavy atom. The maximum absolute atomic E-state index is 10.2. The Bertz CT molecular complexity index is 697. The summed E-state index contributed by atoms with van der Waals surface area (Å²) in [5.74, 6) is 0.209. The van der Waals surface area contributed by atoms with Crippen molar-refractivity contribution < 1.29 is 5.11 Å². The van der Waals surface area contributed by atoms with Gasteiger partial charge in [-0.15, -0.1) is 0 Å². The van der Waals surface area contributed by atoms with Gasteiger partial charge in [0.15, 0.2) is 5.16 Å². The Morgan fingerprint density at radius 3 is 2.72 bits per heavy atom. The van der Waals surface area contributed by atoms with Crippen molar-refractivity contribution in [1.82, 2.24) is 15.2 Å². The molecule has 0 radical (unpaired) electrons. The Labute approximate surface area is 107 Å². The second-order valence-corrected chi connectivity index (χ2v) is 4.78. The highest BCUT2D eigenvalue weighted by atomic mass is 32.2. The van der Waals surface area contributed by atoms with Crippen LogP contribution < -0.4 is 5.73 Å². The number of benzene rings is 2. The molecule has 0 bridgehead atoms. The van der Waals surface area contributed by atoms with Gasteiger partial charge in [0.2, 0.25) is 0 Å². The zero-order chi connectivity index (χ0) is 12.5. The molecule has 4 N–H and O–H groups in total. The number of nitrogens with zero attached hydrogens (tertiary/aromatic N) is 2. The number of hydrogen-bond acceptors (Lipinski definition) is 5. The van der Waals surface area contributed by atoms with Crippen LogP contribution in [-0.4, -0.2) is 20.3 Å². The number of hydrogen-bond donors (Lipinski definition) is 3. The van der Waals surface area contributed by atoms with Crippen LogP contribution in [0.3, 0.4) is 0 Å². The van der Waals surface area contributed by atoms with Crippen molar-refractivity contribution in [3.05, 3.63) is 36.7 Å². The van der Waals surface area contributed by atoms with E-state index < -0.39 is 0 Å². The van der Waals surface area contributed by atoms with Crippen LogP contribution >= 0.6 is 11.8 Å². The van der Waals surface area contributed by atoms with E-state index in [0.717, 1.165) is 10.8 Å². The van der Waals surface area contributed by atoms with E-state index in [-0.39, 0.29) is 5.75 Å². The lowest BCUT2D eigenvalue weighted by Gasteiger charge is -2.08. The van der Waals surface area contributed by atoms with E-state index in [4.69, 9.17) is 5.73 Å². The molecule has 90 valence electrons. The van der Waals surface area contributed by atoms with Crippen molar-refractivity contribution in [2.24, 2.45) is 0 Å². The normalized spacial score (nSPS) is 10.9. The number of nitrogen functional groups attached to an aromatic ring is 1. The zero-order valence-electron chi connectivity index (χ0n) is 9.29. The van der Waals surface area contributed by atoms with Crippen molar-refractivity contribution in [1.29, 1.82) is 0 Å². The molecule has 1 aromatic heterocycles. The molecule has 6 heteroatoms. The maximum Gasteiger partial charge on any atom is 0.188 e. The average Bonchev–Trinajstić information content (AvgIpc) is 2.89. The average molecular weight is 258 g/mol. The van der Waals surface area contributed by atoms with E-state index >= 15 is 0 Å². The lowest BCUT2D eigenvalue weighted by atomic mass is 10.1. The second kappa shape index (κ2) is 4.23. The van der Waals surface area contributed by atoms with E-state index in [2.05, 4.69) is 15.2 Å². The summed E-state index contributed by atoms with van der Waals surface area (Å²) < 4.78 is 0. The third-order valence-electron chi connectivity index (χ3n) is 2.61. The number of nitrogens with two attached hydrogens (primary N) is 1. The summed E-state index contributed by atoms with van der Waals surface area (Å²) in [4.78, 5) is 4.66. The molecule has 3 rings (SSSR count). The fourth-order valence-electron chi connectivity index (χ4n) is 1.79. The number of H-pyrrole nitrogens is 1. The summed E-state index contributed by atoms with van der Waals surface area (Å²) in [6, 6.07) is 9.22. The van der Waals surface area contributed by atoms with E-state index in [9.17, 15) is 5.11 Å². The minimum absolute atomic E-state index is 0.209. The Hall–Kier alpha value is -2.21. The number of aromatic hydroxyl groups is 1. The van der Waals surface area contributed by atoms with Gasteiger partial charge < -0.3 is 10.8 Å². The number of aromatic nitrogens is 3. The molecule has 2 aromatic carbocycles. The van der Waals surface area contributed by atoms with Crippen molar-refractivity contribution in [3.8, 4) is 5.75 Å². The molecule has 1 heterocycles. The largest absolute Gasteiger partial charge is 0.506 e. The monoisotopic (exact) mass is 258 g/mol. The van der Waals surface area contributed by atoms with Crippen LogP contribution in [0.1, 0.15) is 0 Å². The molecule has 3 aromatic rings. The molecule has 0 aliphatic carbocycles. The molecule has 0 amide bonds. The molecule has 18 heavy (non-hydrogen) atoms. The topological polar surface area (TPSA) is 87.8 Å². The minimum Gasteiger partial charge on any atom is -0.506 e. The molecular formula is C12H10N4OS. The highest BCUT2D eigenvalue weighted by Gasteiger charge is 2.11. The van der Waals surface area contributed by atoms with Crippen LogP contribution in [0.2, 0.25) is 0 Å². The number of fused-ring (bicyclic) bond motifs is 1. The van der Waals surface area contributed by atoms with E-state index in [1.165, 1.54) is 18.1 Å². The summed E-state index contributed by atoms with van der Waals surface area (Å²) in [5.41, 5.74) is 6.61. The Morgan fingerprint density at radius 1 is 1.22 bits per heavy atom. The molecule has 0 fully saturated rings. The third-order valence-corrected chi connectivity index (χ3v) is 3.53.